The Morgan fingerprint density at radius 2 is 2.13 bits per heavy atom. The lowest BCUT2D eigenvalue weighted by atomic mass is 9.98. The van der Waals surface area contributed by atoms with Crippen molar-refractivity contribution in [2.24, 2.45) is 0 Å². The molecule has 2 fully saturated rings. The van der Waals surface area contributed by atoms with Crippen molar-refractivity contribution >= 4 is 11.6 Å². The third-order valence-electron chi connectivity index (χ3n) is 3.65. The van der Waals surface area contributed by atoms with Crippen LogP contribution >= 0.6 is 11.6 Å². The van der Waals surface area contributed by atoms with Gasteiger partial charge in [-0.15, -0.1) is 11.6 Å². The van der Waals surface area contributed by atoms with Crippen LogP contribution in [-0.4, -0.2) is 30.2 Å². The first-order chi connectivity index (χ1) is 7.20. The van der Waals surface area contributed by atoms with E-state index in [4.69, 9.17) is 16.3 Å². The van der Waals surface area contributed by atoms with Gasteiger partial charge in [-0.3, -0.25) is 0 Å². The van der Waals surface area contributed by atoms with E-state index in [1.54, 1.807) is 0 Å². The Hall–Kier alpha value is 0.210. The van der Waals surface area contributed by atoms with Gasteiger partial charge in [-0.2, -0.15) is 0 Å². The number of rotatable bonds is 4. The molecule has 15 heavy (non-hydrogen) atoms. The summed E-state index contributed by atoms with van der Waals surface area (Å²) >= 11 is 5.88. The molecule has 0 aromatic heterocycles. The molecule has 1 N–H and O–H groups in total. The lowest BCUT2D eigenvalue weighted by Crippen LogP contribution is -2.33. The minimum absolute atomic E-state index is 0.215. The fourth-order valence-electron chi connectivity index (χ4n) is 2.87. The molecule has 2 nitrogen and oxygen atoms in total. The SMILES string of the molecule is CC(Cl)CNCC1CCC2(CCCC2)O1. The fraction of sp³-hybridized carbons (Fsp3) is 1.00. The van der Waals surface area contributed by atoms with Crippen molar-refractivity contribution in [1.82, 2.24) is 5.32 Å². The van der Waals surface area contributed by atoms with Gasteiger partial charge in [0.05, 0.1) is 11.7 Å². The molecular weight excluding hydrogens is 210 g/mol. The van der Waals surface area contributed by atoms with Gasteiger partial charge < -0.3 is 10.1 Å². The summed E-state index contributed by atoms with van der Waals surface area (Å²) in [7, 11) is 0. The van der Waals surface area contributed by atoms with Gasteiger partial charge in [0.2, 0.25) is 0 Å². The lowest BCUT2D eigenvalue weighted by molar-refractivity contribution is -0.0349. The van der Waals surface area contributed by atoms with Gasteiger partial charge in [-0.05, 0) is 32.6 Å². The van der Waals surface area contributed by atoms with Crippen LogP contribution in [0.4, 0.5) is 0 Å². The van der Waals surface area contributed by atoms with E-state index in [1.807, 2.05) is 6.92 Å². The van der Waals surface area contributed by atoms with Crippen molar-refractivity contribution in [3.05, 3.63) is 0 Å². The van der Waals surface area contributed by atoms with Crippen molar-refractivity contribution in [3.63, 3.8) is 0 Å². The first kappa shape index (κ1) is 11.7. The minimum Gasteiger partial charge on any atom is -0.370 e. The average molecular weight is 232 g/mol. The summed E-state index contributed by atoms with van der Waals surface area (Å²) < 4.78 is 6.19. The molecule has 0 radical (unpaired) electrons. The highest BCUT2D eigenvalue weighted by molar-refractivity contribution is 6.20. The second-order valence-corrected chi connectivity index (χ2v) is 5.85. The summed E-state index contributed by atoms with van der Waals surface area (Å²) in [5, 5.41) is 3.59. The molecule has 0 amide bonds. The van der Waals surface area contributed by atoms with Gasteiger partial charge in [0.1, 0.15) is 0 Å². The summed E-state index contributed by atoms with van der Waals surface area (Å²) in [6.07, 6.45) is 8.22. The molecule has 2 aliphatic rings. The zero-order chi connectivity index (χ0) is 10.7. The van der Waals surface area contributed by atoms with Crippen LogP contribution < -0.4 is 5.32 Å². The monoisotopic (exact) mass is 231 g/mol. The standard InChI is InChI=1S/C12H22ClNO/c1-10(13)8-14-9-11-4-7-12(15-11)5-2-3-6-12/h10-11,14H,2-9H2,1H3. The zero-order valence-electron chi connectivity index (χ0n) is 9.60. The third-order valence-corrected chi connectivity index (χ3v) is 3.81. The van der Waals surface area contributed by atoms with E-state index in [9.17, 15) is 0 Å². The molecule has 2 rings (SSSR count). The molecule has 1 saturated heterocycles. The number of ether oxygens (including phenoxy) is 1. The number of hydrogen-bond acceptors (Lipinski definition) is 2. The quantitative estimate of drug-likeness (QED) is 0.752. The average Bonchev–Trinajstić information content (AvgIpc) is 2.78. The van der Waals surface area contributed by atoms with E-state index in [-0.39, 0.29) is 11.0 Å². The molecule has 2 unspecified atom stereocenters. The molecule has 0 bridgehead atoms. The Morgan fingerprint density at radius 3 is 2.80 bits per heavy atom. The Bertz CT molecular complexity index is 202. The fourth-order valence-corrected chi connectivity index (χ4v) is 2.98. The predicted octanol–water partition coefficient (Wildman–Crippen LogP) is 2.70. The number of hydrogen-bond donors (Lipinski definition) is 1. The maximum Gasteiger partial charge on any atom is 0.0708 e. The topological polar surface area (TPSA) is 21.3 Å². The summed E-state index contributed by atoms with van der Waals surface area (Å²) in [6.45, 7) is 3.87. The Kier molecular flexibility index (Phi) is 3.92. The minimum atomic E-state index is 0.215. The van der Waals surface area contributed by atoms with Crippen LogP contribution in [0.15, 0.2) is 0 Å². The van der Waals surface area contributed by atoms with E-state index >= 15 is 0 Å². The Morgan fingerprint density at radius 1 is 1.40 bits per heavy atom. The largest absolute Gasteiger partial charge is 0.370 e. The summed E-state index contributed by atoms with van der Waals surface area (Å²) in [6, 6.07) is 0. The second kappa shape index (κ2) is 5.03. The highest BCUT2D eigenvalue weighted by atomic mass is 35.5. The van der Waals surface area contributed by atoms with Crippen molar-refractivity contribution in [3.8, 4) is 0 Å². The Balaban J connectivity index is 1.68. The second-order valence-electron chi connectivity index (χ2n) is 5.11. The molecule has 88 valence electrons. The van der Waals surface area contributed by atoms with Crippen molar-refractivity contribution < 1.29 is 4.74 Å². The number of nitrogens with one attached hydrogen (secondary N) is 1. The molecule has 1 heterocycles. The molecule has 1 aliphatic heterocycles. The van der Waals surface area contributed by atoms with E-state index in [0.29, 0.717) is 6.10 Å². The van der Waals surface area contributed by atoms with Gasteiger partial charge >= 0.3 is 0 Å². The normalized spacial score (nSPS) is 31.2. The van der Waals surface area contributed by atoms with Gasteiger partial charge in [0, 0.05) is 18.5 Å². The van der Waals surface area contributed by atoms with Crippen LogP contribution in [0.2, 0.25) is 0 Å². The summed E-state index contributed by atoms with van der Waals surface area (Å²) in [5.74, 6) is 0. The molecule has 1 spiro atoms. The molecule has 3 heteroatoms. The number of halogens is 1. The van der Waals surface area contributed by atoms with Crippen LogP contribution in [0.1, 0.15) is 45.4 Å². The maximum absolute atomic E-state index is 6.19. The predicted molar refractivity (Wildman–Crippen MR) is 63.5 cm³/mol. The maximum atomic E-state index is 6.19. The smallest absolute Gasteiger partial charge is 0.0708 e. The summed E-state index contributed by atoms with van der Waals surface area (Å²) in [4.78, 5) is 0. The molecule has 2 atom stereocenters. The third kappa shape index (κ3) is 3.08. The molecule has 1 saturated carbocycles. The zero-order valence-corrected chi connectivity index (χ0v) is 10.4. The van der Waals surface area contributed by atoms with Crippen LogP contribution in [0.25, 0.3) is 0 Å². The van der Waals surface area contributed by atoms with Crippen LogP contribution in [0.3, 0.4) is 0 Å². The highest BCUT2D eigenvalue weighted by Gasteiger charge is 2.41. The van der Waals surface area contributed by atoms with E-state index in [0.717, 1.165) is 13.1 Å². The number of alkyl halides is 1. The first-order valence-corrected chi connectivity index (χ1v) is 6.66. The van der Waals surface area contributed by atoms with Crippen molar-refractivity contribution in [2.75, 3.05) is 13.1 Å². The lowest BCUT2D eigenvalue weighted by Gasteiger charge is -2.24. The highest BCUT2D eigenvalue weighted by Crippen LogP contribution is 2.43. The van der Waals surface area contributed by atoms with Gasteiger partial charge in [-0.1, -0.05) is 12.8 Å². The van der Waals surface area contributed by atoms with Crippen LogP contribution in [-0.2, 0) is 4.74 Å². The van der Waals surface area contributed by atoms with Crippen LogP contribution in [0, 0.1) is 0 Å². The van der Waals surface area contributed by atoms with Gasteiger partial charge in [0.15, 0.2) is 0 Å². The molecule has 0 aromatic rings. The summed E-state index contributed by atoms with van der Waals surface area (Å²) in [5.41, 5.74) is 0.277. The molecule has 0 aromatic carbocycles. The van der Waals surface area contributed by atoms with E-state index < -0.39 is 0 Å². The Labute approximate surface area is 97.7 Å². The van der Waals surface area contributed by atoms with Gasteiger partial charge in [0.25, 0.3) is 0 Å². The van der Waals surface area contributed by atoms with Crippen molar-refractivity contribution in [2.45, 2.75) is 62.5 Å². The van der Waals surface area contributed by atoms with E-state index in [2.05, 4.69) is 5.32 Å². The molecular formula is C12H22ClNO. The first-order valence-electron chi connectivity index (χ1n) is 6.23. The van der Waals surface area contributed by atoms with Gasteiger partial charge in [-0.25, -0.2) is 0 Å². The molecule has 1 aliphatic carbocycles. The van der Waals surface area contributed by atoms with Crippen LogP contribution in [0.5, 0.6) is 0 Å². The van der Waals surface area contributed by atoms with Crippen molar-refractivity contribution in [1.29, 1.82) is 0 Å². The van der Waals surface area contributed by atoms with E-state index in [1.165, 1.54) is 38.5 Å².